The van der Waals surface area contributed by atoms with Gasteiger partial charge in [0.2, 0.25) is 6.04 Å². The topological polar surface area (TPSA) is 83.6 Å². The second-order valence-corrected chi connectivity index (χ2v) is 3.18. The number of aliphatic hydroxyl groups is 1. The molecule has 2 atom stereocenters. The lowest BCUT2D eigenvalue weighted by Gasteiger charge is -2.12. The zero-order chi connectivity index (χ0) is 11.6. The second kappa shape index (κ2) is 4.22. The normalized spacial score (nSPS) is 14.6. The Kier molecular flexibility index (Phi) is 3.21. The summed E-state index contributed by atoms with van der Waals surface area (Å²) in [6.07, 6.45) is -1.37. The van der Waals surface area contributed by atoms with E-state index in [4.69, 9.17) is 5.11 Å². The molecule has 0 bridgehead atoms. The molecule has 0 fully saturated rings. The quantitative estimate of drug-likeness (QED) is 0.586. The van der Waals surface area contributed by atoms with Crippen molar-refractivity contribution in [3.05, 3.63) is 39.7 Å². The molecule has 0 radical (unpaired) electrons. The number of rotatable bonds is 3. The molecule has 5 nitrogen and oxygen atoms in total. The minimum Gasteiger partial charge on any atom is -0.505 e. The van der Waals surface area contributed by atoms with Crippen molar-refractivity contribution < 1.29 is 19.5 Å². The Morgan fingerprint density at radius 2 is 2.13 bits per heavy atom. The van der Waals surface area contributed by atoms with E-state index >= 15 is 0 Å². The maximum Gasteiger partial charge on any atom is 0.239 e. The molecule has 0 aromatic heterocycles. The summed E-state index contributed by atoms with van der Waals surface area (Å²) in [4.78, 5) is 9.73. The van der Waals surface area contributed by atoms with Gasteiger partial charge in [0.05, 0.1) is 0 Å². The van der Waals surface area contributed by atoms with Crippen molar-refractivity contribution >= 4 is 0 Å². The maximum atomic E-state index is 12.7. The van der Waals surface area contributed by atoms with Crippen molar-refractivity contribution in [1.29, 1.82) is 0 Å². The minimum atomic E-state index is -1.37. The van der Waals surface area contributed by atoms with E-state index in [-0.39, 0.29) is 5.56 Å². The number of halogens is 1. The van der Waals surface area contributed by atoms with Crippen LogP contribution in [-0.2, 0) is 0 Å². The molecule has 0 spiro atoms. The minimum absolute atomic E-state index is 0.109. The summed E-state index contributed by atoms with van der Waals surface area (Å²) in [5.41, 5.74) is 0.109. The lowest BCUT2D eigenvalue weighted by molar-refractivity contribution is -0.531. The molecule has 15 heavy (non-hydrogen) atoms. The number of hydrogen-bond acceptors (Lipinski definition) is 4. The van der Waals surface area contributed by atoms with Crippen LogP contribution in [-0.4, -0.2) is 21.2 Å². The Hall–Kier alpha value is -1.69. The van der Waals surface area contributed by atoms with Gasteiger partial charge in [0, 0.05) is 11.8 Å². The van der Waals surface area contributed by atoms with Crippen molar-refractivity contribution in [3.63, 3.8) is 0 Å². The van der Waals surface area contributed by atoms with E-state index in [0.717, 1.165) is 12.1 Å². The number of aromatic hydroxyl groups is 1. The summed E-state index contributed by atoms with van der Waals surface area (Å²) < 4.78 is 12.7. The summed E-state index contributed by atoms with van der Waals surface area (Å²) in [5.74, 6) is -1.47. The van der Waals surface area contributed by atoms with Gasteiger partial charge >= 0.3 is 0 Å². The first-order valence-electron chi connectivity index (χ1n) is 4.23. The summed E-state index contributed by atoms with van der Waals surface area (Å²) in [7, 11) is 0. The average Bonchev–Trinajstić information content (AvgIpc) is 2.19. The van der Waals surface area contributed by atoms with Crippen LogP contribution in [0, 0.1) is 15.9 Å². The Morgan fingerprint density at radius 1 is 1.53 bits per heavy atom. The molecule has 0 aliphatic carbocycles. The molecule has 82 valence electrons. The van der Waals surface area contributed by atoms with Gasteiger partial charge in [0.25, 0.3) is 0 Å². The van der Waals surface area contributed by atoms with E-state index in [9.17, 15) is 19.6 Å². The number of phenolic OH excluding ortho intramolecular Hbond substituents is 1. The van der Waals surface area contributed by atoms with Gasteiger partial charge in [-0.1, -0.05) is 6.07 Å². The van der Waals surface area contributed by atoms with Crippen molar-refractivity contribution in [2.75, 3.05) is 0 Å². The van der Waals surface area contributed by atoms with Crippen LogP contribution in [0.2, 0.25) is 0 Å². The highest BCUT2D eigenvalue weighted by molar-refractivity contribution is 5.30. The molecular weight excluding hydrogens is 205 g/mol. The second-order valence-electron chi connectivity index (χ2n) is 3.18. The van der Waals surface area contributed by atoms with Gasteiger partial charge in [-0.15, -0.1) is 0 Å². The van der Waals surface area contributed by atoms with E-state index in [1.165, 1.54) is 13.0 Å². The Morgan fingerprint density at radius 3 is 2.60 bits per heavy atom. The predicted octanol–water partition coefficient (Wildman–Crippen LogP) is 1.23. The predicted molar refractivity (Wildman–Crippen MR) is 49.5 cm³/mol. The molecule has 0 saturated heterocycles. The standard InChI is InChI=1S/C9H10FNO4/c1-5(11(14)15)9(13)6-2-3-7(10)8(12)4-6/h2-5,9,12-13H,1H3. The first-order valence-corrected chi connectivity index (χ1v) is 4.23. The third-order valence-corrected chi connectivity index (χ3v) is 2.10. The fourth-order valence-electron chi connectivity index (χ4n) is 1.11. The van der Waals surface area contributed by atoms with E-state index in [1.54, 1.807) is 0 Å². The molecule has 0 aliphatic rings. The van der Waals surface area contributed by atoms with E-state index in [2.05, 4.69) is 0 Å². The van der Waals surface area contributed by atoms with Gasteiger partial charge in [0.1, 0.15) is 6.10 Å². The van der Waals surface area contributed by atoms with Gasteiger partial charge in [-0.3, -0.25) is 10.1 Å². The average molecular weight is 215 g/mol. The Labute approximate surface area is 84.9 Å². The molecule has 0 saturated carbocycles. The van der Waals surface area contributed by atoms with Crippen LogP contribution in [0.5, 0.6) is 5.75 Å². The molecule has 2 N–H and O–H groups in total. The molecule has 2 unspecified atom stereocenters. The largest absolute Gasteiger partial charge is 0.505 e. The third kappa shape index (κ3) is 2.41. The van der Waals surface area contributed by atoms with E-state index in [0.29, 0.717) is 0 Å². The lowest BCUT2D eigenvalue weighted by Crippen LogP contribution is -2.23. The highest BCUT2D eigenvalue weighted by Gasteiger charge is 2.26. The zero-order valence-electron chi connectivity index (χ0n) is 7.92. The lowest BCUT2D eigenvalue weighted by atomic mass is 10.0. The smallest absolute Gasteiger partial charge is 0.239 e. The van der Waals surface area contributed by atoms with Crippen LogP contribution in [0.25, 0.3) is 0 Å². The fourth-order valence-corrected chi connectivity index (χ4v) is 1.11. The third-order valence-electron chi connectivity index (χ3n) is 2.10. The maximum absolute atomic E-state index is 12.7. The van der Waals surface area contributed by atoms with Crippen LogP contribution < -0.4 is 0 Å². The number of benzene rings is 1. The van der Waals surface area contributed by atoms with Crippen molar-refractivity contribution in [3.8, 4) is 5.75 Å². The van der Waals surface area contributed by atoms with E-state index in [1.807, 2.05) is 0 Å². The van der Waals surface area contributed by atoms with Gasteiger partial charge in [-0.05, 0) is 17.7 Å². The monoisotopic (exact) mass is 215 g/mol. The summed E-state index contributed by atoms with van der Waals surface area (Å²) in [5, 5.41) is 28.9. The molecular formula is C9H10FNO4. The number of phenols is 1. The molecule has 1 aromatic rings. The van der Waals surface area contributed by atoms with Gasteiger partial charge in [-0.2, -0.15) is 0 Å². The molecule has 0 amide bonds. The van der Waals surface area contributed by atoms with Crippen molar-refractivity contribution in [2.45, 2.75) is 19.1 Å². The molecule has 1 aromatic carbocycles. The Bertz CT molecular complexity index is 382. The number of nitrogens with zero attached hydrogens (tertiary/aromatic N) is 1. The van der Waals surface area contributed by atoms with E-state index < -0.39 is 28.6 Å². The number of hydrogen-bond donors (Lipinski definition) is 2. The van der Waals surface area contributed by atoms with Crippen molar-refractivity contribution in [2.24, 2.45) is 0 Å². The molecule has 1 rings (SSSR count). The molecule has 0 aliphatic heterocycles. The summed E-state index contributed by atoms with van der Waals surface area (Å²) >= 11 is 0. The first kappa shape index (κ1) is 11.4. The van der Waals surface area contributed by atoms with Gasteiger partial charge in [-0.25, -0.2) is 4.39 Å². The highest BCUT2D eigenvalue weighted by Crippen LogP contribution is 2.24. The van der Waals surface area contributed by atoms with Crippen LogP contribution in [0.1, 0.15) is 18.6 Å². The molecule has 0 heterocycles. The first-order chi connectivity index (χ1) is 6.93. The molecule has 6 heteroatoms. The number of aliphatic hydroxyl groups excluding tert-OH is 1. The number of nitro groups is 1. The zero-order valence-corrected chi connectivity index (χ0v) is 7.92. The highest BCUT2D eigenvalue weighted by atomic mass is 19.1. The SMILES string of the molecule is CC(C(O)c1ccc(F)c(O)c1)[N+](=O)[O-]. The summed E-state index contributed by atoms with van der Waals surface area (Å²) in [6, 6.07) is 1.90. The summed E-state index contributed by atoms with van der Waals surface area (Å²) in [6.45, 7) is 1.23. The Balaban J connectivity index is 2.96. The van der Waals surface area contributed by atoms with Crippen LogP contribution >= 0.6 is 0 Å². The van der Waals surface area contributed by atoms with Crippen LogP contribution in [0.4, 0.5) is 4.39 Å². The van der Waals surface area contributed by atoms with Gasteiger partial charge in [0.15, 0.2) is 11.6 Å². The van der Waals surface area contributed by atoms with Crippen LogP contribution in [0.15, 0.2) is 18.2 Å². The van der Waals surface area contributed by atoms with Crippen LogP contribution in [0.3, 0.4) is 0 Å². The van der Waals surface area contributed by atoms with Gasteiger partial charge < -0.3 is 10.2 Å². The van der Waals surface area contributed by atoms with Crippen molar-refractivity contribution in [1.82, 2.24) is 0 Å². The fraction of sp³-hybridized carbons (Fsp3) is 0.333.